The van der Waals surface area contributed by atoms with Gasteiger partial charge in [0.15, 0.2) is 11.5 Å². The first-order valence-corrected chi connectivity index (χ1v) is 6.03. The van der Waals surface area contributed by atoms with Crippen LogP contribution in [0.3, 0.4) is 0 Å². The fourth-order valence-electron chi connectivity index (χ4n) is 1.54. The Bertz CT molecular complexity index is 602. The standard InChI is InChI=1S/C13H14N2O5/c1-7(13(17)18)8(2)14-12(16)9-6-11(20-15-9)10-4-3-5-19-10/h3-8H,1-2H3,(H,14,16)(H,17,18). The highest BCUT2D eigenvalue weighted by Gasteiger charge is 2.23. The number of amides is 1. The molecule has 7 heteroatoms. The molecule has 2 atom stereocenters. The first kappa shape index (κ1) is 13.9. The lowest BCUT2D eigenvalue weighted by atomic mass is 10.0. The van der Waals surface area contributed by atoms with Crippen LogP contribution in [0.5, 0.6) is 0 Å². The van der Waals surface area contributed by atoms with E-state index in [1.165, 1.54) is 19.3 Å². The number of carbonyl (C=O) groups excluding carboxylic acids is 1. The quantitative estimate of drug-likeness (QED) is 0.863. The molecule has 2 heterocycles. The molecule has 0 saturated heterocycles. The summed E-state index contributed by atoms with van der Waals surface area (Å²) in [6.45, 7) is 3.13. The largest absolute Gasteiger partial charge is 0.481 e. The molecule has 0 bridgehead atoms. The van der Waals surface area contributed by atoms with Crippen molar-refractivity contribution in [3.8, 4) is 11.5 Å². The summed E-state index contributed by atoms with van der Waals surface area (Å²) in [5.74, 6) is -1.38. The van der Waals surface area contributed by atoms with Crippen LogP contribution in [0.2, 0.25) is 0 Å². The van der Waals surface area contributed by atoms with Crippen LogP contribution in [-0.2, 0) is 4.79 Å². The minimum Gasteiger partial charge on any atom is -0.481 e. The summed E-state index contributed by atoms with van der Waals surface area (Å²) in [7, 11) is 0. The van der Waals surface area contributed by atoms with Gasteiger partial charge in [0.05, 0.1) is 12.2 Å². The zero-order valence-electron chi connectivity index (χ0n) is 11.0. The van der Waals surface area contributed by atoms with Crippen LogP contribution in [0.25, 0.3) is 11.5 Å². The molecule has 7 nitrogen and oxygen atoms in total. The van der Waals surface area contributed by atoms with Crippen molar-refractivity contribution < 1.29 is 23.6 Å². The summed E-state index contributed by atoms with van der Waals surface area (Å²) in [4.78, 5) is 22.7. The summed E-state index contributed by atoms with van der Waals surface area (Å²) >= 11 is 0. The third-order valence-corrected chi connectivity index (χ3v) is 3.01. The van der Waals surface area contributed by atoms with E-state index in [-0.39, 0.29) is 5.69 Å². The van der Waals surface area contributed by atoms with E-state index >= 15 is 0 Å². The van der Waals surface area contributed by atoms with Gasteiger partial charge in [-0.1, -0.05) is 5.16 Å². The molecule has 0 spiro atoms. The van der Waals surface area contributed by atoms with Gasteiger partial charge in [0.25, 0.3) is 5.91 Å². The van der Waals surface area contributed by atoms with E-state index < -0.39 is 23.8 Å². The van der Waals surface area contributed by atoms with E-state index in [9.17, 15) is 9.59 Å². The van der Waals surface area contributed by atoms with Crippen LogP contribution in [-0.4, -0.2) is 28.2 Å². The van der Waals surface area contributed by atoms with Crippen molar-refractivity contribution in [3.63, 3.8) is 0 Å². The van der Waals surface area contributed by atoms with Gasteiger partial charge >= 0.3 is 5.97 Å². The fourth-order valence-corrected chi connectivity index (χ4v) is 1.54. The number of furan rings is 1. The second-order valence-corrected chi connectivity index (χ2v) is 4.44. The van der Waals surface area contributed by atoms with E-state index in [2.05, 4.69) is 10.5 Å². The predicted octanol–water partition coefficient (Wildman–Crippen LogP) is 1.77. The van der Waals surface area contributed by atoms with Crippen molar-refractivity contribution in [2.24, 2.45) is 5.92 Å². The summed E-state index contributed by atoms with van der Waals surface area (Å²) in [6.07, 6.45) is 1.48. The molecule has 0 aliphatic carbocycles. The van der Waals surface area contributed by atoms with Gasteiger partial charge in [0, 0.05) is 12.1 Å². The number of carbonyl (C=O) groups is 2. The first-order valence-electron chi connectivity index (χ1n) is 6.03. The molecule has 2 unspecified atom stereocenters. The Balaban J connectivity index is 2.05. The van der Waals surface area contributed by atoms with Crippen molar-refractivity contribution in [3.05, 3.63) is 30.2 Å². The maximum Gasteiger partial charge on any atom is 0.308 e. The Labute approximate surface area is 114 Å². The van der Waals surface area contributed by atoms with Gasteiger partial charge in [0.1, 0.15) is 0 Å². The predicted molar refractivity (Wildman–Crippen MR) is 67.9 cm³/mol. The molecule has 2 rings (SSSR count). The van der Waals surface area contributed by atoms with E-state index in [0.29, 0.717) is 11.5 Å². The molecule has 0 fully saturated rings. The molecular formula is C13H14N2O5. The van der Waals surface area contributed by atoms with E-state index in [4.69, 9.17) is 14.0 Å². The zero-order valence-corrected chi connectivity index (χ0v) is 11.0. The number of carboxylic acid groups (broad SMARTS) is 1. The monoisotopic (exact) mass is 278 g/mol. The number of hydrogen-bond donors (Lipinski definition) is 2. The molecule has 2 aromatic heterocycles. The van der Waals surface area contributed by atoms with Gasteiger partial charge in [-0.05, 0) is 26.0 Å². The number of hydrogen-bond acceptors (Lipinski definition) is 5. The van der Waals surface area contributed by atoms with Crippen LogP contribution in [0.15, 0.2) is 33.4 Å². The lowest BCUT2D eigenvalue weighted by molar-refractivity contribution is -0.141. The number of carboxylic acids is 1. The van der Waals surface area contributed by atoms with Gasteiger partial charge in [-0.2, -0.15) is 0 Å². The summed E-state index contributed by atoms with van der Waals surface area (Å²) in [6, 6.07) is 4.28. The second-order valence-electron chi connectivity index (χ2n) is 4.44. The number of aromatic nitrogens is 1. The molecule has 0 radical (unpaired) electrons. The maximum atomic E-state index is 11.9. The molecule has 2 aromatic rings. The van der Waals surface area contributed by atoms with Crippen LogP contribution in [0.4, 0.5) is 0 Å². The van der Waals surface area contributed by atoms with Crippen molar-refractivity contribution in [1.82, 2.24) is 10.5 Å². The van der Waals surface area contributed by atoms with Crippen molar-refractivity contribution >= 4 is 11.9 Å². The van der Waals surface area contributed by atoms with Gasteiger partial charge in [-0.3, -0.25) is 9.59 Å². The Morgan fingerprint density at radius 2 is 2.10 bits per heavy atom. The molecule has 20 heavy (non-hydrogen) atoms. The molecule has 106 valence electrons. The highest BCUT2D eigenvalue weighted by Crippen LogP contribution is 2.20. The number of nitrogens with zero attached hydrogens (tertiary/aromatic N) is 1. The minimum atomic E-state index is -0.978. The normalized spacial score (nSPS) is 13.7. The average Bonchev–Trinajstić information content (AvgIpc) is 3.07. The highest BCUT2D eigenvalue weighted by molar-refractivity contribution is 5.93. The maximum absolute atomic E-state index is 11.9. The molecule has 0 saturated carbocycles. The number of nitrogens with one attached hydrogen (secondary N) is 1. The molecular weight excluding hydrogens is 264 g/mol. The smallest absolute Gasteiger partial charge is 0.308 e. The SMILES string of the molecule is CC(NC(=O)c1cc(-c2ccco2)on1)C(C)C(=O)O. The third-order valence-electron chi connectivity index (χ3n) is 3.01. The third kappa shape index (κ3) is 2.87. The van der Waals surface area contributed by atoms with Crippen molar-refractivity contribution in [2.75, 3.05) is 0 Å². The zero-order chi connectivity index (χ0) is 14.7. The molecule has 1 amide bonds. The molecule has 2 N–H and O–H groups in total. The highest BCUT2D eigenvalue weighted by atomic mass is 16.5. The molecule has 0 aliphatic heterocycles. The molecule has 0 aromatic carbocycles. The van der Waals surface area contributed by atoms with Crippen LogP contribution >= 0.6 is 0 Å². The van der Waals surface area contributed by atoms with Crippen molar-refractivity contribution in [2.45, 2.75) is 19.9 Å². The van der Waals surface area contributed by atoms with E-state index in [1.54, 1.807) is 19.1 Å². The lowest BCUT2D eigenvalue weighted by Gasteiger charge is -2.16. The topological polar surface area (TPSA) is 106 Å². The second kappa shape index (κ2) is 5.60. The van der Waals surface area contributed by atoms with Gasteiger partial charge in [-0.15, -0.1) is 0 Å². The summed E-state index contributed by atoms with van der Waals surface area (Å²) in [5, 5.41) is 15.1. The Hall–Kier alpha value is -2.57. The fraction of sp³-hybridized carbons (Fsp3) is 0.308. The van der Waals surface area contributed by atoms with Gasteiger partial charge in [0.2, 0.25) is 5.76 Å². The number of rotatable bonds is 5. The Morgan fingerprint density at radius 1 is 1.35 bits per heavy atom. The van der Waals surface area contributed by atoms with Crippen LogP contribution in [0.1, 0.15) is 24.3 Å². The Morgan fingerprint density at radius 3 is 2.70 bits per heavy atom. The average molecular weight is 278 g/mol. The lowest BCUT2D eigenvalue weighted by Crippen LogP contribution is -2.40. The van der Waals surface area contributed by atoms with Crippen LogP contribution in [0, 0.1) is 5.92 Å². The van der Waals surface area contributed by atoms with E-state index in [1.807, 2.05) is 0 Å². The Kier molecular flexibility index (Phi) is 3.88. The summed E-state index contributed by atoms with van der Waals surface area (Å²) < 4.78 is 10.1. The van der Waals surface area contributed by atoms with Crippen LogP contribution < -0.4 is 5.32 Å². The van der Waals surface area contributed by atoms with Gasteiger partial charge < -0.3 is 19.4 Å². The van der Waals surface area contributed by atoms with E-state index in [0.717, 1.165) is 0 Å². The summed E-state index contributed by atoms with van der Waals surface area (Å²) in [5.41, 5.74) is 0.0702. The number of aliphatic carboxylic acids is 1. The van der Waals surface area contributed by atoms with Gasteiger partial charge in [-0.25, -0.2) is 0 Å². The molecule has 0 aliphatic rings. The first-order chi connectivity index (χ1) is 9.49. The van der Waals surface area contributed by atoms with Crippen molar-refractivity contribution in [1.29, 1.82) is 0 Å². The minimum absolute atomic E-state index is 0.0702.